The van der Waals surface area contributed by atoms with Crippen LogP contribution in [0, 0.1) is 20.8 Å². The highest BCUT2D eigenvalue weighted by Crippen LogP contribution is 2.29. The summed E-state index contributed by atoms with van der Waals surface area (Å²) >= 11 is 1.37. The molecule has 0 saturated heterocycles. The van der Waals surface area contributed by atoms with Gasteiger partial charge < -0.3 is 5.32 Å². The van der Waals surface area contributed by atoms with Crippen molar-refractivity contribution in [3.8, 4) is 16.4 Å². The number of nitrogens with zero attached hydrogens (tertiary/aromatic N) is 4. The van der Waals surface area contributed by atoms with E-state index in [1.165, 1.54) is 16.9 Å². The van der Waals surface area contributed by atoms with E-state index < -0.39 is 0 Å². The summed E-state index contributed by atoms with van der Waals surface area (Å²) in [6, 6.07) is 8.13. The second-order valence-corrected chi connectivity index (χ2v) is 7.67. The third-order valence-electron chi connectivity index (χ3n) is 4.44. The summed E-state index contributed by atoms with van der Waals surface area (Å²) in [5.41, 5.74) is 4.50. The van der Waals surface area contributed by atoms with Crippen molar-refractivity contribution in [2.45, 2.75) is 47.0 Å². The molecule has 0 saturated carbocycles. The van der Waals surface area contributed by atoms with Crippen molar-refractivity contribution in [2.24, 2.45) is 0 Å². The standard InChI is InChI=1S/C20H25N5OS/c1-5-6-7-12-21-19(26)18-14(3)22-20(27-18)17-15(4)25(24-23-17)16-10-8-13(2)9-11-16/h8-11H,5-7,12H2,1-4H3,(H,21,26). The molecule has 7 heteroatoms. The quantitative estimate of drug-likeness (QED) is 0.620. The summed E-state index contributed by atoms with van der Waals surface area (Å²) in [7, 11) is 0. The van der Waals surface area contributed by atoms with E-state index >= 15 is 0 Å². The Labute approximate surface area is 163 Å². The lowest BCUT2D eigenvalue weighted by Gasteiger charge is -2.03. The Morgan fingerprint density at radius 3 is 2.59 bits per heavy atom. The highest BCUT2D eigenvalue weighted by molar-refractivity contribution is 7.17. The van der Waals surface area contributed by atoms with Crippen LogP contribution in [-0.4, -0.2) is 32.4 Å². The van der Waals surface area contributed by atoms with Crippen LogP contribution in [0.3, 0.4) is 0 Å². The van der Waals surface area contributed by atoms with Gasteiger partial charge in [-0.15, -0.1) is 16.4 Å². The van der Waals surface area contributed by atoms with Gasteiger partial charge in [-0.25, -0.2) is 9.67 Å². The number of aromatic nitrogens is 4. The molecule has 0 fully saturated rings. The van der Waals surface area contributed by atoms with Crippen LogP contribution in [0.4, 0.5) is 0 Å². The van der Waals surface area contributed by atoms with E-state index in [-0.39, 0.29) is 5.91 Å². The zero-order valence-corrected chi connectivity index (χ0v) is 17.1. The van der Waals surface area contributed by atoms with Gasteiger partial charge in [-0.3, -0.25) is 4.79 Å². The van der Waals surface area contributed by atoms with E-state index in [4.69, 9.17) is 0 Å². The van der Waals surface area contributed by atoms with Crippen molar-refractivity contribution >= 4 is 17.2 Å². The molecule has 0 aliphatic heterocycles. The number of hydrogen-bond acceptors (Lipinski definition) is 5. The molecule has 0 bridgehead atoms. The molecule has 27 heavy (non-hydrogen) atoms. The molecule has 0 spiro atoms. The Hall–Kier alpha value is -2.54. The van der Waals surface area contributed by atoms with Crippen LogP contribution in [0.25, 0.3) is 16.4 Å². The number of amides is 1. The van der Waals surface area contributed by atoms with E-state index in [0.29, 0.717) is 17.1 Å². The van der Waals surface area contributed by atoms with Crippen LogP contribution < -0.4 is 5.32 Å². The lowest BCUT2D eigenvalue weighted by molar-refractivity contribution is 0.0956. The molecule has 0 unspecified atom stereocenters. The van der Waals surface area contributed by atoms with Gasteiger partial charge in [0.25, 0.3) is 5.91 Å². The topological polar surface area (TPSA) is 72.7 Å². The van der Waals surface area contributed by atoms with Gasteiger partial charge in [-0.05, 0) is 39.3 Å². The van der Waals surface area contributed by atoms with E-state index in [2.05, 4.69) is 34.5 Å². The molecular weight excluding hydrogens is 358 g/mol. The van der Waals surface area contributed by atoms with E-state index in [1.54, 1.807) is 4.68 Å². The van der Waals surface area contributed by atoms with Crippen LogP contribution in [-0.2, 0) is 0 Å². The number of hydrogen-bond donors (Lipinski definition) is 1. The van der Waals surface area contributed by atoms with Crippen molar-refractivity contribution in [2.75, 3.05) is 6.54 Å². The minimum Gasteiger partial charge on any atom is -0.351 e. The maximum Gasteiger partial charge on any atom is 0.263 e. The molecule has 2 heterocycles. The second-order valence-electron chi connectivity index (χ2n) is 6.67. The van der Waals surface area contributed by atoms with Crippen LogP contribution in [0.15, 0.2) is 24.3 Å². The van der Waals surface area contributed by atoms with Crippen molar-refractivity contribution in [3.63, 3.8) is 0 Å². The van der Waals surface area contributed by atoms with Gasteiger partial charge in [0.05, 0.1) is 17.1 Å². The number of carbonyl (C=O) groups excluding carboxylic acids is 1. The maximum absolute atomic E-state index is 12.4. The fourth-order valence-electron chi connectivity index (χ4n) is 2.82. The maximum atomic E-state index is 12.4. The summed E-state index contributed by atoms with van der Waals surface area (Å²) in [6.07, 6.45) is 3.25. The summed E-state index contributed by atoms with van der Waals surface area (Å²) < 4.78 is 1.80. The fraction of sp³-hybridized carbons (Fsp3) is 0.400. The molecule has 1 aromatic carbocycles. The molecular formula is C20H25N5OS. The summed E-state index contributed by atoms with van der Waals surface area (Å²) in [4.78, 5) is 17.6. The minimum atomic E-state index is -0.0593. The van der Waals surface area contributed by atoms with Crippen molar-refractivity contribution in [1.29, 1.82) is 0 Å². The third kappa shape index (κ3) is 4.24. The van der Waals surface area contributed by atoms with Crippen molar-refractivity contribution in [1.82, 2.24) is 25.3 Å². The second kappa shape index (κ2) is 8.43. The normalized spacial score (nSPS) is 11.0. The predicted molar refractivity (Wildman–Crippen MR) is 109 cm³/mol. The average Bonchev–Trinajstić information content (AvgIpc) is 3.22. The highest BCUT2D eigenvalue weighted by atomic mass is 32.1. The van der Waals surface area contributed by atoms with Gasteiger partial charge in [0, 0.05) is 6.54 Å². The predicted octanol–water partition coefficient (Wildman–Crippen LogP) is 4.24. The average molecular weight is 384 g/mol. The number of benzene rings is 1. The molecule has 0 aliphatic carbocycles. The van der Waals surface area contributed by atoms with E-state index in [0.717, 1.165) is 41.3 Å². The minimum absolute atomic E-state index is 0.0593. The van der Waals surface area contributed by atoms with Gasteiger partial charge in [-0.2, -0.15) is 0 Å². The first-order valence-electron chi connectivity index (χ1n) is 9.26. The smallest absolute Gasteiger partial charge is 0.263 e. The molecule has 142 valence electrons. The summed E-state index contributed by atoms with van der Waals surface area (Å²) in [5.74, 6) is -0.0593. The Kier molecular flexibility index (Phi) is 6.01. The molecule has 2 aromatic heterocycles. The number of carbonyl (C=O) groups is 1. The Morgan fingerprint density at radius 1 is 1.15 bits per heavy atom. The number of nitrogens with one attached hydrogen (secondary N) is 1. The molecule has 0 atom stereocenters. The van der Waals surface area contributed by atoms with Crippen LogP contribution >= 0.6 is 11.3 Å². The lowest BCUT2D eigenvalue weighted by Crippen LogP contribution is -2.24. The highest BCUT2D eigenvalue weighted by Gasteiger charge is 2.20. The van der Waals surface area contributed by atoms with Gasteiger partial charge >= 0.3 is 0 Å². The van der Waals surface area contributed by atoms with Gasteiger partial charge in [0.2, 0.25) is 0 Å². The molecule has 1 amide bonds. The molecule has 0 aliphatic rings. The Bertz CT molecular complexity index is 927. The monoisotopic (exact) mass is 383 g/mol. The van der Waals surface area contributed by atoms with Crippen LogP contribution in [0.1, 0.15) is 52.8 Å². The zero-order chi connectivity index (χ0) is 19.4. The number of unbranched alkanes of at least 4 members (excludes halogenated alkanes) is 2. The Morgan fingerprint density at radius 2 is 1.89 bits per heavy atom. The van der Waals surface area contributed by atoms with E-state index in [9.17, 15) is 4.79 Å². The first-order valence-corrected chi connectivity index (χ1v) is 10.1. The molecule has 6 nitrogen and oxygen atoms in total. The molecule has 1 N–H and O–H groups in total. The number of aryl methyl sites for hydroxylation is 2. The summed E-state index contributed by atoms with van der Waals surface area (Å²) in [5, 5.41) is 12.3. The first-order chi connectivity index (χ1) is 13.0. The Balaban J connectivity index is 1.81. The van der Waals surface area contributed by atoms with E-state index in [1.807, 2.05) is 38.1 Å². The number of thiazole rings is 1. The van der Waals surface area contributed by atoms with Gasteiger partial charge in [-0.1, -0.05) is 42.7 Å². The van der Waals surface area contributed by atoms with Crippen molar-refractivity contribution in [3.05, 3.63) is 46.1 Å². The number of rotatable bonds is 7. The van der Waals surface area contributed by atoms with Crippen LogP contribution in [0.5, 0.6) is 0 Å². The summed E-state index contributed by atoms with van der Waals surface area (Å²) in [6.45, 7) is 8.73. The zero-order valence-electron chi connectivity index (χ0n) is 16.2. The first kappa shape index (κ1) is 19.2. The molecule has 3 rings (SSSR count). The van der Waals surface area contributed by atoms with Crippen LogP contribution in [0.2, 0.25) is 0 Å². The molecule has 3 aromatic rings. The SMILES string of the molecule is CCCCCNC(=O)c1sc(-c2nnn(-c3ccc(C)cc3)c2C)nc1C. The molecule has 0 radical (unpaired) electrons. The largest absolute Gasteiger partial charge is 0.351 e. The van der Waals surface area contributed by atoms with Gasteiger partial charge in [0.15, 0.2) is 0 Å². The lowest BCUT2D eigenvalue weighted by atomic mass is 10.2. The van der Waals surface area contributed by atoms with Crippen molar-refractivity contribution < 1.29 is 4.79 Å². The van der Waals surface area contributed by atoms with Gasteiger partial charge in [0.1, 0.15) is 15.6 Å². The third-order valence-corrected chi connectivity index (χ3v) is 5.61. The fourth-order valence-corrected chi connectivity index (χ4v) is 3.84.